The van der Waals surface area contributed by atoms with Crippen molar-refractivity contribution in [1.29, 1.82) is 0 Å². The van der Waals surface area contributed by atoms with E-state index in [-0.39, 0.29) is 18.6 Å². The van der Waals surface area contributed by atoms with E-state index in [0.29, 0.717) is 28.9 Å². The van der Waals surface area contributed by atoms with Gasteiger partial charge in [0.25, 0.3) is 0 Å². The molecule has 1 aromatic carbocycles. The van der Waals surface area contributed by atoms with Gasteiger partial charge in [-0.2, -0.15) is 0 Å². The average molecular weight is 320 g/mol. The summed E-state index contributed by atoms with van der Waals surface area (Å²) in [7, 11) is 1.38. The minimum Gasteiger partial charge on any atom is -0.491 e. The Morgan fingerprint density at radius 1 is 1.35 bits per heavy atom. The van der Waals surface area contributed by atoms with E-state index in [2.05, 4.69) is 4.74 Å². The van der Waals surface area contributed by atoms with Crippen molar-refractivity contribution >= 4 is 29.2 Å². The minimum absolute atomic E-state index is 0.221. The van der Waals surface area contributed by atoms with E-state index in [1.165, 1.54) is 7.11 Å². The molecule has 0 saturated carbocycles. The van der Waals surface area contributed by atoms with Gasteiger partial charge in [0.1, 0.15) is 12.4 Å². The molecule has 20 heavy (non-hydrogen) atoms. The first-order valence-corrected chi connectivity index (χ1v) is 7.08. The highest BCUT2D eigenvalue weighted by Gasteiger charge is 2.14. The smallest absolute Gasteiger partial charge is 0.319 e. The zero-order valence-corrected chi connectivity index (χ0v) is 13.4. The fourth-order valence-electron chi connectivity index (χ4n) is 1.62. The molecule has 0 aromatic heterocycles. The third kappa shape index (κ3) is 5.57. The maximum absolute atomic E-state index is 11.3. The number of benzene rings is 1. The normalized spacial score (nSPS) is 10.9. The lowest BCUT2D eigenvalue weighted by atomic mass is 10.3. The molecule has 0 radical (unpaired) electrons. The number of halogens is 2. The molecule has 1 rings (SSSR count). The summed E-state index contributed by atoms with van der Waals surface area (Å²) in [6.45, 7) is 5.30. The van der Waals surface area contributed by atoms with Crippen molar-refractivity contribution in [3.05, 3.63) is 28.2 Å². The van der Waals surface area contributed by atoms with Crippen LogP contribution < -0.4 is 4.74 Å². The number of hydrogen-bond acceptors (Lipinski definition) is 4. The van der Waals surface area contributed by atoms with Crippen molar-refractivity contribution < 1.29 is 14.3 Å². The Morgan fingerprint density at radius 3 is 2.60 bits per heavy atom. The Balaban J connectivity index is 2.49. The van der Waals surface area contributed by atoms with Gasteiger partial charge in [-0.15, -0.1) is 0 Å². The summed E-state index contributed by atoms with van der Waals surface area (Å²) in [5.74, 6) is 0.320. The Hall–Kier alpha value is -0.970. The number of carbonyl (C=O) groups excluding carboxylic acids is 1. The van der Waals surface area contributed by atoms with Gasteiger partial charge in [0.05, 0.1) is 18.7 Å². The third-order valence-electron chi connectivity index (χ3n) is 2.82. The van der Waals surface area contributed by atoms with Gasteiger partial charge in [-0.1, -0.05) is 23.2 Å². The van der Waals surface area contributed by atoms with Crippen molar-refractivity contribution in [3.8, 4) is 5.75 Å². The molecule has 0 aliphatic heterocycles. The highest BCUT2D eigenvalue weighted by Crippen LogP contribution is 2.27. The van der Waals surface area contributed by atoms with Crippen LogP contribution in [0.15, 0.2) is 18.2 Å². The number of methoxy groups -OCH3 is 1. The van der Waals surface area contributed by atoms with Crippen molar-refractivity contribution in [1.82, 2.24) is 4.90 Å². The van der Waals surface area contributed by atoms with E-state index in [9.17, 15) is 4.79 Å². The van der Waals surface area contributed by atoms with Crippen LogP contribution >= 0.6 is 23.2 Å². The Bertz CT molecular complexity index is 452. The van der Waals surface area contributed by atoms with Gasteiger partial charge in [0, 0.05) is 17.6 Å². The second kappa shape index (κ2) is 8.35. The van der Waals surface area contributed by atoms with Crippen LogP contribution in [-0.4, -0.2) is 43.7 Å². The SMILES string of the molecule is COC(=O)CN(CCOc1ccc(Cl)cc1Cl)C(C)C. The molecule has 4 nitrogen and oxygen atoms in total. The van der Waals surface area contributed by atoms with E-state index < -0.39 is 0 Å². The van der Waals surface area contributed by atoms with Crippen LogP contribution in [-0.2, 0) is 9.53 Å². The zero-order chi connectivity index (χ0) is 15.1. The molecule has 6 heteroatoms. The first-order chi connectivity index (χ1) is 9.43. The number of esters is 1. The summed E-state index contributed by atoms with van der Waals surface area (Å²) in [5.41, 5.74) is 0. The fourth-order valence-corrected chi connectivity index (χ4v) is 2.08. The zero-order valence-electron chi connectivity index (χ0n) is 11.9. The van der Waals surface area contributed by atoms with Crippen LogP contribution in [0, 0.1) is 0 Å². The molecule has 0 atom stereocenters. The lowest BCUT2D eigenvalue weighted by Crippen LogP contribution is -2.39. The molecule has 0 amide bonds. The molecule has 0 aliphatic rings. The third-order valence-corrected chi connectivity index (χ3v) is 3.35. The van der Waals surface area contributed by atoms with Crippen LogP contribution in [0.1, 0.15) is 13.8 Å². The Kier molecular flexibility index (Phi) is 7.13. The molecule has 112 valence electrons. The van der Waals surface area contributed by atoms with Crippen molar-refractivity contribution in [3.63, 3.8) is 0 Å². The first kappa shape index (κ1) is 17.1. The number of ether oxygens (including phenoxy) is 2. The largest absolute Gasteiger partial charge is 0.491 e. The summed E-state index contributed by atoms with van der Waals surface area (Å²) >= 11 is 11.8. The Labute approximate surface area is 129 Å². The number of carbonyl (C=O) groups is 1. The quantitative estimate of drug-likeness (QED) is 0.723. The lowest BCUT2D eigenvalue weighted by molar-refractivity contribution is -0.142. The van der Waals surface area contributed by atoms with Gasteiger partial charge in [-0.25, -0.2) is 0 Å². The van der Waals surface area contributed by atoms with Gasteiger partial charge >= 0.3 is 5.97 Å². The van der Waals surface area contributed by atoms with E-state index in [1.807, 2.05) is 18.7 Å². The summed E-state index contributed by atoms with van der Waals surface area (Å²) < 4.78 is 10.3. The first-order valence-electron chi connectivity index (χ1n) is 6.32. The van der Waals surface area contributed by atoms with E-state index in [4.69, 9.17) is 27.9 Å². The summed E-state index contributed by atoms with van der Waals surface area (Å²) in [4.78, 5) is 13.3. The molecule has 0 unspecified atom stereocenters. The molecule has 0 spiro atoms. The monoisotopic (exact) mass is 319 g/mol. The maximum Gasteiger partial charge on any atom is 0.319 e. The summed E-state index contributed by atoms with van der Waals surface area (Å²) in [6.07, 6.45) is 0. The van der Waals surface area contributed by atoms with Crippen LogP contribution in [0.25, 0.3) is 0 Å². The highest BCUT2D eigenvalue weighted by atomic mass is 35.5. The number of nitrogens with zero attached hydrogens (tertiary/aromatic N) is 1. The predicted octanol–water partition coefficient (Wildman–Crippen LogP) is 3.26. The predicted molar refractivity (Wildman–Crippen MR) is 80.7 cm³/mol. The molecular formula is C14H19Cl2NO3. The van der Waals surface area contributed by atoms with Crippen LogP contribution in [0.4, 0.5) is 0 Å². The van der Waals surface area contributed by atoms with E-state index in [1.54, 1.807) is 18.2 Å². The van der Waals surface area contributed by atoms with Gasteiger partial charge in [-0.3, -0.25) is 9.69 Å². The van der Waals surface area contributed by atoms with E-state index >= 15 is 0 Å². The summed E-state index contributed by atoms with van der Waals surface area (Å²) in [6, 6.07) is 5.30. The molecule has 0 fully saturated rings. The van der Waals surface area contributed by atoms with Gasteiger partial charge in [0.2, 0.25) is 0 Å². The molecule has 0 heterocycles. The molecule has 0 aliphatic carbocycles. The molecule has 1 aromatic rings. The van der Waals surface area contributed by atoms with E-state index in [0.717, 1.165) is 0 Å². The number of rotatable bonds is 7. The van der Waals surface area contributed by atoms with Crippen LogP contribution in [0.3, 0.4) is 0 Å². The second-order valence-corrected chi connectivity index (χ2v) is 5.41. The Morgan fingerprint density at radius 2 is 2.05 bits per heavy atom. The molecule has 0 bridgehead atoms. The molecule has 0 saturated heterocycles. The second-order valence-electron chi connectivity index (χ2n) is 4.56. The topological polar surface area (TPSA) is 38.8 Å². The van der Waals surface area contributed by atoms with Gasteiger partial charge in [0.15, 0.2) is 0 Å². The van der Waals surface area contributed by atoms with Gasteiger partial charge < -0.3 is 9.47 Å². The molecule has 0 N–H and O–H groups in total. The van der Waals surface area contributed by atoms with Gasteiger partial charge in [-0.05, 0) is 32.0 Å². The van der Waals surface area contributed by atoms with Crippen molar-refractivity contribution in [2.45, 2.75) is 19.9 Å². The fraction of sp³-hybridized carbons (Fsp3) is 0.500. The molecular weight excluding hydrogens is 301 g/mol. The van der Waals surface area contributed by atoms with Crippen LogP contribution in [0.2, 0.25) is 10.0 Å². The van der Waals surface area contributed by atoms with Crippen molar-refractivity contribution in [2.75, 3.05) is 26.8 Å². The van der Waals surface area contributed by atoms with Crippen LogP contribution in [0.5, 0.6) is 5.75 Å². The van der Waals surface area contributed by atoms with Crippen molar-refractivity contribution in [2.24, 2.45) is 0 Å². The minimum atomic E-state index is -0.261. The lowest BCUT2D eigenvalue weighted by Gasteiger charge is -2.25. The number of hydrogen-bond donors (Lipinski definition) is 0. The highest BCUT2D eigenvalue weighted by molar-refractivity contribution is 6.35. The standard InChI is InChI=1S/C14H19Cl2NO3/c1-10(2)17(9-14(18)19-3)6-7-20-13-5-4-11(15)8-12(13)16/h4-5,8,10H,6-7,9H2,1-3H3. The average Bonchev–Trinajstić information content (AvgIpc) is 2.39. The maximum atomic E-state index is 11.3. The summed E-state index contributed by atoms with van der Waals surface area (Å²) in [5, 5.41) is 1.04.